The van der Waals surface area contributed by atoms with E-state index in [-0.39, 0.29) is 0 Å². The zero-order chi connectivity index (χ0) is 13.5. The van der Waals surface area contributed by atoms with E-state index < -0.39 is 0 Å². The van der Waals surface area contributed by atoms with Crippen LogP contribution in [0.1, 0.15) is 18.1 Å². The van der Waals surface area contributed by atoms with Crippen molar-refractivity contribution in [2.24, 2.45) is 0 Å². The Hall–Kier alpha value is -1.45. The lowest BCUT2D eigenvalue weighted by Gasteiger charge is -2.06. The first-order chi connectivity index (χ1) is 9.28. The molecule has 100 valence electrons. The highest BCUT2D eigenvalue weighted by Crippen LogP contribution is 2.25. The van der Waals surface area contributed by atoms with E-state index >= 15 is 0 Å². The van der Waals surface area contributed by atoms with Crippen molar-refractivity contribution in [3.63, 3.8) is 0 Å². The van der Waals surface area contributed by atoms with E-state index in [9.17, 15) is 5.11 Å². The van der Waals surface area contributed by atoms with E-state index in [0.29, 0.717) is 5.75 Å². The highest BCUT2D eigenvalue weighted by Gasteiger charge is 1.99. The van der Waals surface area contributed by atoms with E-state index in [4.69, 9.17) is 0 Å². The van der Waals surface area contributed by atoms with Gasteiger partial charge in [-0.25, -0.2) is 0 Å². The fraction of sp³-hybridized carbons (Fsp3) is 0.250. The molecule has 0 bridgehead atoms. The first-order valence-electron chi connectivity index (χ1n) is 6.48. The maximum absolute atomic E-state index is 9.43. The Morgan fingerprint density at radius 3 is 2.63 bits per heavy atom. The lowest BCUT2D eigenvalue weighted by atomic mass is 10.2. The number of benzene rings is 2. The summed E-state index contributed by atoms with van der Waals surface area (Å²) >= 11 is 1.79. The molecule has 0 saturated heterocycles. The number of hydrogen-bond donors (Lipinski definition) is 2. The van der Waals surface area contributed by atoms with Gasteiger partial charge >= 0.3 is 0 Å². The van der Waals surface area contributed by atoms with Crippen LogP contribution in [0.4, 0.5) is 0 Å². The summed E-state index contributed by atoms with van der Waals surface area (Å²) < 4.78 is 0. The van der Waals surface area contributed by atoms with Gasteiger partial charge in [-0.1, -0.05) is 31.2 Å². The van der Waals surface area contributed by atoms with E-state index in [0.717, 1.165) is 24.4 Å². The molecule has 2 nitrogen and oxygen atoms in total. The van der Waals surface area contributed by atoms with Crippen LogP contribution in [0, 0.1) is 0 Å². The Morgan fingerprint density at radius 2 is 1.84 bits per heavy atom. The Labute approximate surface area is 118 Å². The molecule has 2 aromatic carbocycles. The molecule has 0 amide bonds. The minimum Gasteiger partial charge on any atom is -0.508 e. The van der Waals surface area contributed by atoms with Gasteiger partial charge in [-0.05, 0) is 41.9 Å². The standard InChI is InChI=1S/C16H19NOS/c1-2-17-11-13-5-4-8-16(10-13)19-12-14-6-3-7-15(18)9-14/h3-10,17-18H,2,11-12H2,1H3. The van der Waals surface area contributed by atoms with Crippen LogP contribution in [0.25, 0.3) is 0 Å². The first-order valence-corrected chi connectivity index (χ1v) is 7.47. The van der Waals surface area contributed by atoms with Gasteiger partial charge in [0.1, 0.15) is 5.75 Å². The fourth-order valence-electron chi connectivity index (χ4n) is 1.83. The quantitative estimate of drug-likeness (QED) is 0.785. The summed E-state index contributed by atoms with van der Waals surface area (Å²) in [6.07, 6.45) is 0. The smallest absolute Gasteiger partial charge is 0.115 e. The summed E-state index contributed by atoms with van der Waals surface area (Å²) in [4.78, 5) is 1.26. The third-order valence-corrected chi connectivity index (χ3v) is 3.86. The van der Waals surface area contributed by atoms with Crippen LogP contribution in [0.2, 0.25) is 0 Å². The van der Waals surface area contributed by atoms with E-state index in [1.54, 1.807) is 17.8 Å². The van der Waals surface area contributed by atoms with Crippen molar-refractivity contribution < 1.29 is 5.11 Å². The summed E-state index contributed by atoms with van der Waals surface area (Å²) in [5.41, 5.74) is 2.45. The number of hydrogen-bond acceptors (Lipinski definition) is 3. The normalized spacial score (nSPS) is 10.6. The summed E-state index contributed by atoms with van der Waals surface area (Å²) in [5, 5.41) is 12.8. The molecular formula is C16H19NOS. The number of nitrogens with one attached hydrogen (secondary N) is 1. The predicted molar refractivity (Wildman–Crippen MR) is 81.5 cm³/mol. The molecule has 2 aromatic rings. The van der Waals surface area contributed by atoms with Gasteiger partial charge in [-0.2, -0.15) is 0 Å². The largest absolute Gasteiger partial charge is 0.508 e. The number of phenols is 1. The molecule has 0 unspecified atom stereocenters. The highest BCUT2D eigenvalue weighted by molar-refractivity contribution is 7.98. The van der Waals surface area contributed by atoms with Crippen molar-refractivity contribution in [2.75, 3.05) is 6.54 Å². The van der Waals surface area contributed by atoms with Crippen molar-refractivity contribution in [1.29, 1.82) is 0 Å². The van der Waals surface area contributed by atoms with Crippen LogP contribution in [0.5, 0.6) is 5.75 Å². The molecule has 0 atom stereocenters. The van der Waals surface area contributed by atoms with Gasteiger partial charge in [0.05, 0.1) is 0 Å². The third-order valence-electron chi connectivity index (χ3n) is 2.79. The molecule has 0 fully saturated rings. The Kier molecular flexibility index (Phi) is 5.31. The van der Waals surface area contributed by atoms with Crippen molar-refractivity contribution in [3.05, 3.63) is 59.7 Å². The lowest BCUT2D eigenvalue weighted by molar-refractivity contribution is 0.475. The van der Waals surface area contributed by atoms with Crippen LogP contribution >= 0.6 is 11.8 Å². The monoisotopic (exact) mass is 273 g/mol. The molecule has 0 aliphatic carbocycles. The first kappa shape index (κ1) is 14.0. The van der Waals surface area contributed by atoms with E-state index in [2.05, 4.69) is 36.5 Å². The zero-order valence-corrected chi connectivity index (χ0v) is 11.9. The second-order valence-electron chi connectivity index (χ2n) is 4.39. The van der Waals surface area contributed by atoms with Crippen LogP contribution in [0.15, 0.2) is 53.4 Å². The van der Waals surface area contributed by atoms with Gasteiger partial charge in [0.15, 0.2) is 0 Å². The Morgan fingerprint density at radius 1 is 1.05 bits per heavy atom. The van der Waals surface area contributed by atoms with Gasteiger partial charge in [-0.15, -0.1) is 11.8 Å². The molecule has 0 heterocycles. The van der Waals surface area contributed by atoms with E-state index in [1.807, 2.05) is 18.2 Å². The predicted octanol–water partition coefficient (Wildman–Crippen LogP) is 3.79. The second kappa shape index (κ2) is 7.22. The molecule has 0 aliphatic rings. The average Bonchev–Trinajstić information content (AvgIpc) is 2.43. The molecule has 2 rings (SSSR count). The highest BCUT2D eigenvalue weighted by atomic mass is 32.2. The third kappa shape index (κ3) is 4.62. The minimum absolute atomic E-state index is 0.332. The summed E-state index contributed by atoms with van der Waals surface area (Å²) in [6, 6.07) is 16.0. The molecule has 3 heteroatoms. The van der Waals surface area contributed by atoms with Crippen LogP contribution in [-0.2, 0) is 12.3 Å². The lowest BCUT2D eigenvalue weighted by Crippen LogP contribution is -2.11. The van der Waals surface area contributed by atoms with Crippen LogP contribution in [0.3, 0.4) is 0 Å². The summed E-state index contributed by atoms with van der Waals surface area (Å²) in [5.74, 6) is 1.21. The van der Waals surface area contributed by atoms with Crippen molar-refractivity contribution >= 4 is 11.8 Å². The van der Waals surface area contributed by atoms with Gasteiger partial charge in [0.2, 0.25) is 0 Å². The van der Waals surface area contributed by atoms with Gasteiger partial charge < -0.3 is 10.4 Å². The summed E-state index contributed by atoms with van der Waals surface area (Å²) in [6.45, 7) is 4.01. The SMILES string of the molecule is CCNCc1cccc(SCc2cccc(O)c2)c1. The van der Waals surface area contributed by atoms with Crippen LogP contribution in [-0.4, -0.2) is 11.7 Å². The maximum Gasteiger partial charge on any atom is 0.115 e. The maximum atomic E-state index is 9.43. The molecule has 19 heavy (non-hydrogen) atoms. The number of rotatable bonds is 6. The van der Waals surface area contributed by atoms with Crippen molar-refractivity contribution in [2.45, 2.75) is 24.1 Å². The second-order valence-corrected chi connectivity index (χ2v) is 5.44. The van der Waals surface area contributed by atoms with Gasteiger partial charge in [0, 0.05) is 17.2 Å². The molecule has 0 saturated carbocycles. The molecular weight excluding hydrogens is 254 g/mol. The van der Waals surface area contributed by atoms with Gasteiger partial charge in [0.25, 0.3) is 0 Å². The molecule has 0 radical (unpaired) electrons. The molecule has 0 aromatic heterocycles. The molecule has 2 N–H and O–H groups in total. The molecule has 0 aliphatic heterocycles. The van der Waals surface area contributed by atoms with E-state index in [1.165, 1.54) is 10.5 Å². The zero-order valence-electron chi connectivity index (χ0n) is 11.1. The number of phenolic OH excluding ortho intramolecular Hbond substituents is 1. The number of aromatic hydroxyl groups is 1. The summed E-state index contributed by atoms with van der Waals surface area (Å²) in [7, 11) is 0. The van der Waals surface area contributed by atoms with Gasteiger partial charge in [-0.3, -0.25) is 0 Å². The Bertz CT molecular complexity index is 528. The number of thioether (sulfide) groups is 1. The van der Waals surface area contributed by atoms with Crippen molar-refractivity contribution in [3.8, 4) is 5.75 Å². The fourth-order valence-corrected chi connectivity index (χ4v) is 2.75. The van der Waals surface area contributed by atoms with Crippen molar-refractivity contribution in [1.82, 2.24) is 5.32 Å². The topological polar surface area (TPSA) is 32.3 Å². The average molecular weight is 273 g/mol. The minimum atomic E-state index is 0.332. The molecule has 0 spiro atoms. The van der Waals surface area contributed by atoms with Crippen LogP contribution < -0.4 is 5.32 Å². The Balaban J connectivity index is 1.95.